The van der Waals surface area contributed by atoms with Crippen molar-refractivity contribution >= 4 is 46.0 Å². The third-order valence-corrected chi connectivity index (χ3v) is 6.38. The summed E-state index contributed by atoms with van der Waals surface area (Å²) in [6.07, 6.45) is 7.17. The molecule has 2 aromatic carbocycles. The molecule has 4 aromatic rings. The third-order valence-electron chi connectivity index (χ3n) is 5.08. The van der Waals surface area contributed by atoms with Gasteiger partial charge in [0.2, 0.25) is 0 Å². The van der Waals surface area contributed by atoms with Gasteiger partial charge in [-0.2, -0.15) is 5.10 Å². The SMILES string of the molecule is O=C1/C(=C/c2cn(Cc3ccccc3)nc2-c2cccnc2)SC(=S)N1c1ccc(F)cc1. The maximum atomic E-state index is 13.3. The molecule has 0 spiro atoms. The summed E-state index contributed by atoms with van der Waals surface area (Å²) in [5.41, 5.74) is 4.02. The predicted octanol–water partition coefficient (Wildman–Crippen LogP) is 5.54. The van der Waals surface area contributed by atoms with E-state index in [0.717, 1.165) is 22.4 Å². The van der Waals surface area contributed by atoms with Crippen LogP contribution >= 0.6 is 24.0 Å². The molecule has 0 N–H and O–H groups in total. The Morgan fingerprint density at radius 2 is 1.82 bits per heavy atom. The second kappa shape index (κ2) is 9.09. The van der Waals surface area contributed by atoms with Crippen molar-refractivity contribution in [3.63, 3.8) is 0 Å². The lowest BCUT2D eigenvalue weighted by atomic mass is 10.1. The van der Waals surface area contributed by atoms with Gasteiger partial charge < -0.3 is 0 Å². The molecule has 1 aliphatic rings. The van der Waals surface area contributed by atoms with E-state index in [1.165, 1.54) is 28.8 Å². The highest BCUT2D eigenvalue weighted by Gasteiger charge is 2.33. The summed E-state index contributed by atoms with van der Waals surface area (Å²) in [7, 11) is 0. The van der Waals surface area contributed by atoms with Crippen molar-refractivity contribution in [1.29, 1.82) is 0 Å². The minimum absolute atomic E-state index is 0.246. The quantitative estimate of drug-likeness (QED) is 0.282. The molecule has 5 nitrogen and oxygen atoms in total. The number of halogens is 1. The number of amides is 1. The molecule has 0 radical (unpaired) electrons. The molecule has 33 heavy (non-hydrogen) atoms. The largest absolute Gasteiger partial charge is 0.270 e. The first-order valence-electron chi connectivity index (χ1n) is 10.1. The molecule has 3 heterocycles. The topological polar surface area (TPSA) is 51.0 Å². The summed E-state index contributed by atoms with van der Waals surface area (Å²) in [4.78, 5) is 19.3. The highest BCUT2D eigenvalue weighted by atomic mass is 32.2. The number of carbonyl (C=O) groups is 1. The molecule has 0 unspecified atom stereocenters. The normalized spacial score (nSPS) is 14.9. The lowest BCUT2D eigenvalue weighted by Crippen LogP contribution is -2.27. The number of benzene rings is 2. The summed E-state index contributed by atoms with van der Waals surface area (Å²) >= 11 is 6.66. The van der Waals surface area contributed by atoms with Crippen molar-refractivity contribution in [2.24, 2.45) is 0 Å². The lowest BCUT2D eigenvalue weighted by Gasteiger charge is -2.14. The minimum atomic E-state index is -0.369. The molecule has 1 saturated heterocycles. The summed E-state index contributed by atoms with van der Waals surface area (Å²) in [5, 5.41) is 4.77. The molecule has 8 heteroatoms. The van der Waals surface area contributed by atoms with E-state index in [2.05, 4.69) is 4.98 Å². The number of pyridine rings is 1. The van der Waals surface area contributed by atoms with Gasteiger partial charge in [-0.3, -0.25) is 19.4 Å². The molecular weight excluding hydrogens is 455 g/mol. The van der Waals surface area contributed by atoms with E-state index in [-0.39, 0.29) is 11.7 Å². The second-order valence-electron chi connectivity index (χ2n) is 7.35. The van der Waals surface area contributed by atoms with Crippen molar-refractivity contribution in [2.45, 2.75) is 6.54 Å². The van der Waals surface area contributed by atoms with E-state index in [0.29, 0.717) is 21.5 Å². The van der Waals surface area contributed by atoms with E-state index in [1.807, 2.05) is 53.3 Å². The Balaban J connectivity index is 1.52. The molecule has 1 fully saturated rings. The van der Waals surface area contributed by atoms with Crippen LogP contribution < -0.4 is 4.90 Å². The molecule has 0 atom stereocenters. The van der Waals surface area contributed by atoms with Gasteiger partial charge in [-0.1, -0.05) is 54.3 Å². The number of thioether (sulfide) groups is 1. The first kappa shape index (κ1) is 21.2. The van der Waals surface area contributed by atoms with Gasteiger partial charge >= 0.3 is 0 Å². The van der Waals surface area contributed by atoms with Gasteiger partial charge in [0.15, 0.2) is 4.32 Å². The molecular formula is C25H17FN4OS2. The van der Waals surface area contributed by atoms with Crippen molar-refractivity contribution < 1.29 is 9.18 Å². The molecule has 2 aromatic heterocycles. The van der Waals surface area contributed by atoms with Crippen LogP contribution in [0.2, 0.25) is 0 Å². The zero-order valence-electron chi connectivity index (χ0n) is 17.3. The number of hydrogen-bond acceptors (Lipinski definition) is 5. The molecule has 162 valence electrons. The Hall–Kier alpha value is -3.62. The fraction of sp³-hybridized carbons (Fsp3) is 0.0400. The van der Waals surface area contributed by atoms with E-state index >= 15 is 0 Å². The maximum absolute atomic E-state index is 13.3. The zero-order valence-corrected chi connectivity index (χ0v) is 18.9. The van der Waals surface area contributed by atoms with E-state index in [9.17, 15) is 9.18 Å². The van der Waals surface area contributed by atoms with Crippen LogP contribution in [-0.4, -0.2) is 25.0 Å². The average molecular weight is 473 g/mol. The Labute approximate surface area is 199 Å². The number of anilines is 1. The molecule has 1 aliphatic heterocycles. The Bertz CT molecular complexity index is 1350. The summed E-state index contributed by atoms with van der Waals surface area (Å²) in [5.74, 6) is -0.615. The number of carbonyl (C=O) groups excluding carboxylic acids is 1. The van der Waals surface area contributed by atoms with Crippen LogP contribution in [0.25, 0.3) is 17.3 Å². The van der Waals surface area contributed by atoms with Crippen LogP contribution in [-0.2, 0) is 11.3 Å². The summed E-state index contributed by atoms with van der Waals surface area (Å²) in [6, 6.07) is 19.5. The van der Waals surface area contributed by atoms with Crippen LogP contribution in [0.5, 0.6) is 0 Å². The van der Waals surface area contributed by atoms with E-state index in [1.54, 1.807) is 30.6 Å². The first-order valence-corrected chi connectivity index (χ1v) is 11.4. The van der Waals surface area contributed by atoms with Crippen LogP contribution in [0.3, 0.4) is 0 Å². The summed E-state index contributed by atoms with van der Waals surface area (Å²) in [6.45, 7) is 0.596. The van der Waals surface area contributed by atoms with Gasteiger partial charge in [-0.25, -0.2) is 4.39 Å². The van der Waals surface area contributed by atoms with Gasteiger partial charge in [0.1, 0.15) is 11.5 Å². The summed E-state index contributed by atoms with van der Waals surface area (Å²) < 4.78 is 15.6. The molecule has 0 saturated carbocycles. The second-order valence-corrected chi connectivity index (χ2v) is 9.03. The van der Waals surface area contributed by atoms with Crippen LogP contribution in [0.1, 0.15) is 11.1 Å². The highest BCUT2D eigenvalue weighted by Crippen LogP contribution is 2.37. The lowest BCUT2D eigenvalue weighted by molar-refractivity contribution is -0.113. The Morgan fingerprint density at radius 1 is 1.03 bits per heavy atom. The number of rotatable bonds is 5. The van der Waals surface area contributed by atoms with Crippen LogP contribution in [0.4, 0.5) is 10.1 Å². The standard InChI is InChI=1S/C25H17FN4OS2/c26-20-8-10-21(11-9-20)30-24(31)22(33-25(30)32)13-19-16-29(15-17-5-2-1-3-6-17)28-23(19)18-7-4-12-27-14-18/h1-14,16H,15H2/b22-13-. The fourth-order valence-corrected chi connectivity index (χ4v) is 4.83. The van der Waals surface area contributed by atoms with Crippen molar-refractivity contribution in [2.75, 3.05) is 4.90 Å². The van der Waals surface area contributed by atoms with E-state index < -0.39 is 0 Å². The van der Waals surface area contributed by atoms with Crippen molar-refractivity contribution in [3.05, 3.63) is 107 Å². The third kappa shape index (κ3) is 4.48. The molecule has 5 rings (SSSR count). The van der Waals surface area contributed by atoms with Gasteiger partial charge in [-0.05, 0) is 48.0 Å². The first-order chi connectivity index (χ1) is 16.1. The van der Waals surface area contributed by atoms with Gasteiger partial charge in [0, 0.05) is 29.7 Å². The fourth-order valence-electron chi connectivity index (χ4n) is 3.54. The van der Waals surface area contributed by atoms with Crippen LogP contribution in [0.15, 0.2) is 90.2 Å². The number of aromatic nitrogens is 3. The van der Waals surface area contributed by atoms with Gasteiger partial charge in [-0.15, -0.1) is 0 Å². The smallest absolute Gasteiger partial charge is 0.268 e. The molecule has 1 amide bonds. The van der Waals surface area contributed by atoms with Crippen molar-refractivity contribution in [1.82, 2.24) is 14.8 Å². The van der Waals surface area contributed by atoms with Gasteiger partial charge in [0.25, 0.3) is 5.91 Å². The van der Waals surface area contributed by atoms with Crippen LogP contribution in [0, 0.1) is 5.82 Å². The highest BCUT2D eigenvalue weighted by molar-refractivity contribution is 8.27. The van der Waals surface area contributed by atoms with Gasteiger partial charge in [0.05, 0.1) is 17.1 Å². The zero-order chi connectivity index (χ0) is 22.8. The number of thiocarbonyl (C=S) groups is 1. The van der Waals surface area contributed by atoms with Crippen molar-refractivity contribution in [3.8, 4) is 11.3 Å². The number of nitrogens with zero attached hydrogens (tertiary/aromatic N) is 4. The number of hydrogen-bond donors (Lipinski definition) is 0. The predicted molar refractivity (Wildman–Crippen MR) is 133 cm³/mol. The molecule has 0 aliphatic carbocycles. The maximum Gasteiger partial charge on any atom is 0.270 e. The monoisotopic (exact) mass is 472 g/mol. The van der Waals surface area contributed by atoms with E-state index in [4.69, 9.17) is 17.3 Å². The Kier molecular flexibility index (Phi) is 5.85. The Morgan fingerprint density at radius 3 is 2.55 bits per heavy atom. The average Bonchev–Trinajstić information content (AvgIpc) is 3.35. The minimum Gasteiger partial charge on any atom is -0.268 e. The molecule has 0 bridgehead atoms.